The Morgan fingerprint density at radius 1 is 0.938 bits per heavy atom. The lowest BCUT2D eigenvalue weighted by molar-refractivity contribution is -0.142. The molecule has 0 bridgehead atoms. The standard InChI is InChI=1S/C22H28F6N2O.ClH/c1-3-5-11-30(12-6-4-2)13-10-18(31)16-14-19(22(26,27)28)29-20-15(16)8-7-9-17(20)21(23,24)25;/h7-9,14,18,31H,3-6,10-13H2,1-2H3;1H. The van der Waals surface area contributed by atoms with Crippen LogP contribution in [0.4, 0.5) is 26.3 Å². The maximum Gasteiger partial charge on any atom is 0.433 e. The van der Waals surface area contributed by atoms with Gasteiger partial charge in [0.2, 0.25) is 0 Å². The van der Waals surface area contributed by atoms with E-state index in [0.29, 0.717) is 18.7 Å². The third kappa shape index (κ3) is 7.49. The molecule has 0 amide bonds. The highest BCUT2D eigenvalue weighted by atomic mass is 35.5. The molecule has 1 aromatic heterocycles. The summed E-state index contributed by atoms with van der Waals surface area (Å²) < 4.78 is 80.2. The Morgan fingerprint density at radius 2 is 1.53 bits per heavy atom. The van der Waals surface area contributed by atoms with Crippen molar-refractivity contribution in [2.45, 2.75) is 64.4 Å². The van der Waals surface area contributed by atoms with E-state index < -0.39 is 35.2 Å². The topological polar surface area (TPSA) is 36.4 Å². The molecule has 2 aromatic rings. The molecule has 1 N–H and O–H groups in total. The van der Waals surface area contributed by atoms with Crippen LogP contribution in [0, 0.1) is 0 Å². The number of pyridine rings is 1. The lowest BCUT2D eigenvalue weighted by Crippen LogP contribution is -2.28. The Hall–Kier alpha value is -1.58. The summed E-state index contributed by atoms with van der Waals surface area (Å²) in [7, 11) is 0. The van der Waals surface area contributed by atoms with Gasteiger partial charge in [-0.25, -0.2) is 4.98 Å². The van der Waals surface area contributed by atoms with E-state index in [1.807, 2.05) is 13.8 Å². The van der Waals surface area contributed by atoms with Crippen molar-refractivity contribution in [2.24, 2.45) is 0 Å². The van der Waals surface area contributed by atoms with Gasteiger partial charge in [0.25, 0.3) is 0 Å². The molecule has 0 aliphatic carbocycles. The average Bonchev–Trinajstić information content (AvgIpc) is 2.70. The summed E-state index contributed by atoms with van der Waals surface area (Å²) in [4.78, 5) is 5.40. The Kier molecular flexibility index (Phi) is 10.7. The maximum atomic E-state index is 13.4. The summed E-state index contributed by atoms with van der Waals surface area (Å²) >= 11 is 0. The van der Waals surface area contributed by atoms with E-state index in [9.17, 15) is 31.4 Å². The molecular weight excluding hydrogens is 458 g/mol. The molecule has 0 aliphatic rings. The molecule has 1 unspecified atom stereocenters. The molecular formula is C22H29ClF6N2O. The highest BCUT2D eigenvalue weighted by Gasteiger charge is 2.38. The summed E-state index contributed by atoms with van der Waals surface area (Å²) in [6, 6.07) is 3.74. The summed E-state index contributed by atoms with van der Waals surface area (Å²) in [5.41, 5.74) is -3.68. The van der Waals surface area contributed by atoms with Gasteiger partial charge in [-0.3, -0.25) is 0 Å². The van der Waals surface area contributed by atoms with Gasteiger partial charge in [-0.1, -0.05) is 38.8 Å². The molecule has 2 rings (SSSR count). The normalized spacial score (nSPS) is 13.4. The fourth-order valence-electron chi connectivity index (χ4n) is 3.48. The number of hydrogen-bond acceptors (Lipinski definition) is 3. The van der Waals surface area contributed by atoms with Crippen LogP contribution in [0.15, 0.2) is 24.3 Å². The molecule has 32 heavy (non-hydrogen) atoms. The molecule has 182 valence electrons. The zero-order valence-corrected chi connectivity index (χ0v) is 18.9. The largest absolute Gasteiger partial charge is 0.433 e. The number of para-hydroxylation sites is 1. The van der Waals surface area contributed by atoms with E-state index in [0.717, 1.165) is 44.8 Å². The molecule has 3 nitrogen and oxygen atoms in total. The number of alkyl halides is 6. The smallest absolute Gasteiger partial charge is 0.388 e. The minimum atomic E-state index is -4.93. The van der Waals surface area contributed by atoms with E-state index in [1.54, 1.807) is 0 Å². The Balaban J connectivity index is 0.00000512. The lowest BCUT2D eigenvalue weighted by Gasteiger charge is -2.24. The first-order valence-electron chi connectivity index (χ1n) is 10.5. The van der Waals surface area contributed by atoms with Crippen LogP contribution >= 0.6 is 12.4 Å². The van der Waals surface area contributed by atoms with Gasteiger partial charge < -0.3 is 10.0 Å². The number of hydrogen-bond donors (Lipinski definition) is 1. The Labute approximate surface area is 190 Å². The maximum absolute atomic E-state index is 13.4. The predicted molar refractivity (Wildman–Crippen MR) is 115 cm³/mol. The first-order valence-corrected chi connectivity index (χ1v) is 10.5. The van der Waals surface area contributed by atoms with Crippen LogP contribution in [-0.4, -0.2) is 34.6 Å². The van der Waals surface area contributed by atoms with Crippen molar-refractivity contribution in [2.75, 3.05) is 19.6 Å². The van der Waals surface area contributed by atoms with Gasteiger partial charge in [0.1, 0.15) is 5.69 Å². The lowest BCUT2D eigenvalue weighted by atomic mass is 9.97. The molecule has 1 aromatic carbocycles. The van der Waals surface area contributed by atoms with E-state index >= 15 is 0 Å². The van der Waals surface area contributed by atoms with Crippen LogP contribution in [0.2, 0.25) is 0 Å². The van der Waals surface area contributed by atoms with Gasteiger partial charge in [-0.2, -0.15) is 26.3 Å². The summed E-state index contributed by atoms with van der Waals surface area (Å²) in [5.74, 6) is 0. The summed E-state index contributed by atoms with van der Waals surface area (Å²) in [6.45, 7) is 6.13. The average molecular weight is 487 g/mol. The SMILES string of the molecule is CCCCN(CCCC)CCC(O)c1cc(C(F)(F)F)nc2c(C(F)(F)F)cccc12.Cl. The van der Waals surface area contributed by atoms with Crippen LogP contribution in [0.25, 0.3) is 10.9 Å². The third-order valence-electron chi connectivity index (χ3n) is 5.20. The van der Waals surface area contributed by atoms with E-state index in [1.165, 1.54) is 6.07 Å². The predicted octanol–water partition coefficient (Wildman–Crippen LogP) is 7.02. The number of aromatic nitrogens is 1. The molecule has 10 heteroatoms. The first-order chi connectivity index (χ1) is 14.5. The number of fused-ring (bicyclic) bond motifs is 1. The first kappa shape index (κ1) is 28.5. The Morgan fingerprint density at radius 3 is 2.03 bits per heavy atom. The van der Waals surface area contributed by atoms with Crippen molar-refractivity contribution >= 4 is 23.3 Å². The zero-order valence-electron chi connectivity index (χ0n) is 18.1. The monoisotopic (exact) mass is 486 g/mol. The van der Waals surface area contributed by atoms with Crippen molar-refractivity contribution in [1.82, 2.24) is 9.88 Å². The minimum absolute atomic E-state index is 0. The number of aliphatic hydroxyl groups is 1. The minimum Gasteiger partial charge on any atom is -0.388 e. The number of benzene rings is 1. The van der Waals surface area contributed by atoms with Crippen molar-refractivity contribution in [3.63, 3.8) is 0 Å². The van der Waals surface area contributed by atoms with Crippen molar-refractivity contribution in [1.29, 1.82) is 0 Å². The fraction of sp³-hybridized carbons (Fsp3) is 0.591. The Bertz CT molecular complexity index is 849. The number of nitrogens with zero attached hydrogens (tertiary/aromatic N) is 2. The summed E-state index contributed by atoms with van der Waals surface area (Å²) in [6.07, 6.45) is -7.17. The molecule has 1 heterocycles. The molecule has 0 saturated carbocycles. The van der Waals surface area contributed by atoms with Crippen molar-refractivity contribution in [3.05, 3.63) is 41.1 Å². The second-order valence-corrected chi connectivity index (χ2v) is 7.65. The quantitative estimate of drug-likeness (QED) is 0.366. The van der Waals surface area contributed by atoms with E-state index in [-0.39, 0.29) is 29.8 Å². The third-order valence-corrected chi connectivity index (χ3v) is 5.20. The van der Waals surface area contributed by atoms with E-state index in [4.69, 9.17) is 0 Å². The van der Waals surface area contributed by atoms with Crippen molar-refractivity contribution < 1.29 is 31.4 Å². The highest BCUT2D eigenvalue weighted by Crippen LogP contribution is 2.39. The number of halogens is 7. The van der Waals surface area contributed by atoms with Crippen LogP contribution in [0.5, 0.6) is 0 Å². The fourth-order valence-corrected chi connectivity index (χ4v) is 3.48. The summed E-state index contributed by atoms with van der Waals surface area (Å²) in [5, 5.41) is 10.6. The van der Waals surface area contributed by atoms with Crippen LogP contribution in [-0.2, 0) is 12.4 Å². The molecule has 0 spiro atoms. The zero-order chi connectivity index (χ0) is 23.2. The van der Waals surface area contributed by atoms with Gasteiger partial charge in [0.15, 0.2) is 0 Å². The van der Waals surface area contributed by atoms with Crippen LogP contribution < -0.4 is 0 Å². The molecule has 0 fully saturated rings. The van der Waals surface area contributed by atoms with Gasteiger partial charge in [0.05, 0.1) is 17.2 Å². The molecule has 0 radical (unpaired) electrons. The highest BCUT2D eigenvalue weighted by molar-refractivity contribution is 5.86. The van der Waals surface area contributed by atoms with Crippen LogP contribution in [0.1, 0.15) is 68.9 Å². The second kappa shape index (κ2) is 12.0. The van der Waals surface area contributed by atoms with E-state index in [2.05, 4.69) is 9.88 Å². The van der Waals surface area contributed by atoms with Gasteiger partial charge in [-0.15, -0.1) is 12.4 Å². The number of unbranched alkanes of at least 4 members (excludes halogenated alkanes) is 2. The van der Waals surface area contributed by atoms with Gasteiger partial charge in [0, 0.05) is 11.9 Å². The number of aliphatic hydroxyl groups excluding tert-OH is 1. The van der Waals surface area contributed by atoms with Gasteiger partial charge >= 0.3 is 12.4 Å². The molecule has 1 atom stereocenters. The van der Waals surface area contributed by atoms with Crippen molar-refractivity contribution in [3.8, 4) is 0 Å². The number of rotatable bonds is 10. The van der Waals surface area contributed by atoms with Gasteiger partial charge in [-0.05, 0) is 50.0 Å². The molecule has 0 aliphatic heterocycles. The second-order valence-electron chi connectivity index (χ2n) is 7.65. The molecule has 0 saturated heterocycles. The van der Waals surface area contributed by atoms with Crippen LogP contribution in [0.3, 0.4) is 0 Å².